The maximum Gasteiger partial charge on any atom is 0.308 e. The van der Waals surface area contributed by atoms with Crippen molar-refractivity contribution in [2.75, 3.05) is 0 Å². The molecule has 0 aliphatic carbocycles. The van der Waals surface area contributed by atoms with Crippen molar-refractivity contribution in [3.63, 3.8) is 0 Å². The number of benzene rings is 1. The number of ether oxygens (including phenoxy) is 1. The molecule has 0 spiro atoms. The van der Waals surface area contributed by atoms with Crippen LogP contribution in [0, 0.1) is 0 Å². The average molecular weight is 207 g/mol. The number of hydrogen-bond acceptors (Lipinski definition) is 4. The lowest BCUT2D eigenvalue weighted by Crippen LogP contribution is -2.07. The highest BCUT2D eigenvalue weighted by atomic mass is 16.5. The molecule has 0 unspecified atom stereocenters. The van der Waals surface area contributed by atoms with Gasteiger partial charge in [0.2, 0.25) is 0 Å². The predicted molar refractivity (Wildman–Crippen MR) is 55.6 cm³/mol. The Morgan fingerprint density at radius 3 is 2.47 bits per heavy atom. The first-order valence-electron chi connectivity index (χ1n) is 4.57. The van der Waals surface area contributed by atoms with E-state index in [0.717, 1.165) is 0 Å². The number of carbonyl (C=O) groups excluding carboxylic acids is 2. The lowest BCUT2D eigenvalue weighted by atomic mass is 10.1. The molecule has 0 bridgehead atoms. The number of nitrogens with two attached hydrogens (primary N) is 1. The molecule has 1 rings (SSSR count). The zero-order valence-corrected chi connectivity index (χ0v) is 8.74. The van der Waals surface area contributed by atoms with E-state index in [1.807, 2.05) is 0 Å². The van der Waals surface area contributed by atoms with Crippen LogP contribution in [0.3, 0.4) is 0 Å². The van der Waals surface area contributed by atoms with Crippen molar-refractivity contribution in [3.05, 3.63) is 29.3 Å². The molecular formula is C11H13NO3. The lowest BCUT2D eigenvalue weighted by Gasteiger charge is -2.08. The molecular weight excluding hydrogens is 194 g/mol. The molecule has 15 heavy (non-hydrogen) atoms. The standard InChI is InChI=1S/C11H13NO3/c1-7(13)9-3-4-10(6-12)11(5-9)15-8(2)14/h3-5H,6,12H2,1-2H3. The molecule has 0 aliphatic heterocycles. The van der Waals surface area contributed by atoms with Gasteiger partial charge in [0.15, 0.2) is 5.78 Å². The van der Waals surface area contributed by atoms with E-state index in [2.05, 4.69) is 0 Å². The van der Waals surface area contributed by atoms with Gasteiger partial charge in [0.25, 0.3) is 0 Å². The summed E-state index contributed by atoms with van der Waals surface area (Å²) >= 11 is 0. The first-order valence-corrected chi connectivity index (χ1v) is 4.57. The summed E-state index contributed by atoms with van der Waals surface area (Å²) in [5.74, 6) is -0.143. The summed E-state index contributed by atoms with van der Waals surface area (Å²) < 4.78 is 4.96. The average Bonchev–Trinajstić information content (AvgIpc) is 2.16. The minimum Gasteiger partial charge on any atom is -0.426 e. The third-order valence-electron chi connectivity index (χ3n) is 1.95. The minimum atomic E-state index is -0.426. The molecule has 80 valence electrons. The van der Waals surface area contributed by atoms with E-state index in [0.29, 0.717) is 16.9 Å². The molecule has 0 aliphatic rings. The van der Waals surface area contributed by atoms with E-state index in [4.69, 9.17) is 10.5 Å². The van der Waals surface area contributed by atoms with Crippen LogP contribution in [0.4, 0.5) is 0 Å². The van der Waals surface area contributed by atoms with Crippen LogP contribution in [0.5, 0.6) is 5.75 Å². The number of carbonyl (C=O) groups is 2. The van der Waals surface area contributed by atoms with Gasteiger partial charge in [0.1, 0.15) is 5.75 Å². The predicted octanol–water partition coefficient (Wildman–Crippen LogP) is 1.27. The third-order valence-corrected chi connectivity index (χ3v) is 1.95. The molecule has 1 aromatic rings. The maximum atomic E-state index is 11.1. The summed E-state index contributed by atoms with van der Waals surface area (Å²) in [6, 6.07) is 4.89. The fraction of sp³-hybridized carbons (Fsp3) is 0.273. The van der Waals surface area contributed by atoms with E-state index in [1.165, 1.54) is 19.9 Å². The summed E-state index contributed by atoms with van der Waals surface area (Å²) in [4.78, 5) is 21.9. The summed E-state index contributed by atoms with van der Waals surface area (Å²) in [6.07, 6.45) is 0. The van der Waals surface area contributed by atoms with Gasteiger partial charge in [0, 0.05) is 24.6 Å². The topological polar surface area (TPSA) is 69.4 Å². The van der Waals surface area contributed by atoms with Crippen LogP contribution >= 0.6 is 0 Å². The van der Waals surface area contributed by atoms with Crippen LogP contribution in [0.25, 0.3) is 0 Å². The van der Waals surface area contributed by atoms with Crippen molar-refractivity contribution in [3.8, 4) is 5.75 Å². The Kier molecular flexibility index (Phi) is 3.57. The number of Topliss-reactive ketones (excluding diaryl/α,β-unsaturated/α-hetero) is 1. The van der Waals surface area contributed by atoms with Crippen molar-refractivity contribution < 1.29 is 14.3 Å². The van der Waals surface area contributed by atoms with Crippen molar-refractivity contribution >= 4 is 11.8 Å². The zero-order valence-electron chi connectivity index (χ0n) is 8.74. The molecule has 0 fully saturated rings. The SMILES string of the molecule is CC(=O)Oc1cc(C(C)=O)ccc1CN. The van der Waals surface area contributed by atoms with Gasteiger partial charge in [-0.3, -0.25) is 9.59 Å². The fourth-order valence-corrected chi connectivity index (χ4v) is 1.19. The number of ketones is 1. The molecule has 2 N–H and O–H groups in total. The van der Waals surface area contributed by atoms with E-state index < -0.39 is 5.97 Å². The van der Waals surface area contributed by atoms with Gasteiger partial charge in [-0.25, -0.2) is 0 Å². The van der Waals surface area contributed by atoms with E-state index >= 15 is 0 Å². The van der Waals surface area contributed by atoms with E-state index in [9.17, 15) is 9.59 Å². The summed E-state index contributed by atoms with van der Waals surface area (Å²) in [7, 11) is 0. The van der Waals surface area contributed by atoms with Crippen molar-refractivity contribution in [2.45, 2.75) is 20.4 Å². The lowest BCUT2D eigenvalue weighted by molar-refractivity contribution is -0.131. The van der Waals surface area contributed by atoms with Crippen molar-refractivity contribution in [1.29, 1.82) is 0 Å². The zero-order chi connectivity index (χ0) is 11.4. The van der Waals surface area contributed by atoms with Crippen LogP contribution in [0.1, 0.15) is 29.8 Å². The quantitative estimate of drug-likeness (QED) is 0.460. The molecule has 0 amide bonds. The first-order chi connectivity index (χ1) is 7.04. The monoisotopic (exact) mass is 207 g/mol. The Balaban J connectivity index is 3.12. The molecule has 0 saturated carbocycles. The molecule has 0 radical (unpaired) electrons. The molecule has 4 heteroatoms. The highest BCUT2D eigenvalue weighted by molar-refractivity contribution is 5.94. The molecule has 0 atom stereocenters. The summed E-state index contributed by atoms with van der Waals surface area (Å²) in [5.41, 5.74) is 6.68. The second-order valence-corrected chi connectivity index (χ2v) is 3.18. The Bertz CT molecular complexity index is 399. The fourth-order valence-electron chi connectivity index (χ4n) is 1.19. The normalized spacial score (nSPS) is 9.80. The van der Waals surface area contributed by atoms with Crippen molar-refractivity contribution in [2.24, 2.45) is 5.73 Å². The van der Waals surface area contributed by atoms with E-state index in [1.54, 1.807) is 12.1 Å². The Hall–Kier alpha value is -1.68. The largest absolute Gasteiger partial charge is 0.426 e. The van der Waals surface area contributed by atoms with Gasteiger partial charge in [-0.1, -0.05) is 12.1 Å². The Morgan fingerprint density at radius 1 is 1.33 bits per heavy atom. The van der Waals surface area contributed by atoms with Gasteiger partial charge in [-0.15, -0.1) is 0 Å². The molecule has 0 saturated heterocycles. The maximum absolute atomic E-state index is 11.1. The van der Waals surface area contributed by atoms with Crippen LogP contribution in [-0.4, -0.2) is 11.8 Å². The van der Waals surface area contributed by atoms with Crippen LogP contribution in [-0.2, 0) is 11.3 Å². The summed E-state index contributed by atoms with van der Waals surface area (Å²) in [6.45, 7) is 3.02. The highest BCUT2D eigenvalue weighted by Gasteiger charge is 2.08. The second kappa shape index (κ2) is 4.70. The smallest absolute Gasteiger partial charge is 0.308 e. The van der Waals surface area contributed by atoms with Crippen LogP contribution < -0.4 is 10.5 Å². The first kappa shape index (κ1) is 11.4. The molecule has 0 aromatic heterocycles. The van der Waals surface area contributed by atoms with Gasteiger partial charge < -0.3 is 10.5 Å². The van der Waals surface area contributed by atoms with Gasteiger partial charge in [-0.2, -0.15) is 0 Å². The molecule has 0 heterocycles. The number of esters is 1. The Morgan fingerprint density at radius 2 is 2.00 bits per heavy atom. The Labute approximate surface area is 88.0 Å². The van der Waals surface area contributed by atoms with Crippen LogP contribution in [0.2, 0.25) is 0 Å². The number of rotatable bonds is 3. The highest BCUT2D eigenvalue weighted by Crippen LogP contribution is 2.20. The third kappa shape index (κ3) is 2.89. The van der Waals surface area contributed by atoms with Gasteiger partial charge in [0.05, 0.1) is 0 Å². The van der Waals surface area contributed by atoms with Crippen molar-refractivity contribution in [1.82, 2.24) is 0 Å². The van der Waals surface area contributed by atoms with Gasteiger partial charge in [-0.05, 0) is 13.0 Å². The minimum absolute atomic E-state index is 0.0769. The van der Waals surface area contributed by atoms with E-state index in [-0.39, 0.29) is 12.3 Å². The van der Waals surface area contributed by atoms with Crippen LogP contribution in [0.15, 0.2) is 18.2 Å². The van der Waals surface area contributed by atoms with Gasteiger partial charge >= 0.3 is 5.97 Å². The number of hydrogen-bond donors (Lipinski definition) is 1. The molecule has 4 nitrogen and oxygen atoms in total. The molecule has 1 aromatic carbocycles. The summed E-state index contributed by atoms with van der Waals surface area (Å²) in [5, 5.41) is 0. The second-order valence-electron chi connectivity index (χ2n) is 3.18.